The second-order valence-electron chi connectivity index (χ2n) is 5.84. The summed E-state index contributed by atoms with van der Waals surface area (Å²) in [6, 6.07) is 15.0. The van der Waals surface area contributed by atoms with E-state index in [0.717, 1.165) is 9.79 Å². The van der Waals surface area contributed by atoms with Crippen LogP contribution < -0.4 is 0 Å². The molecule has 1 aliphatic rings. The first-order valence-corrected chi connectivity index (χ1v) is 8.74. The van der Waals surface area contributed by atoms with Crippen LogP contribution in [0.15, 0.2) is 63.9 Å². The van der Waals surface area contributed by atoms with Crippen molar-refractivity contribution >= 4 is 41.4 Å². The zero-order valence-corrected chi connectivity index (χ0v) is 15.2. The fourth-order valence-electron chi connectivity index (χ4n) is 2.23. The molecule has 3 rings (SSSR count). The van der Waals surface area contributed by atoms with Gasteiger partial charge in [-0.1, -0.05) is 47.6 Å². The molecule has 0 bridgehead atoms. The van der Waals surface area contributed by atoms with Crippen LogP contribution in [0.4, 0.5) is 0 Å². The Morgan fingerprint density at radius 3 is 2.16 bits per heavy atom. The molecule has 25 heavy (non-hydrogen) atoms. The van der Waals surface area contributed by atoms with Gasteiger partial charge in [0.1, 0.15) is 5.57 Å². The summed E-state index contributed by atoms with van der Waals surface area (Å²) in [7, 11) is 0. The number of ether oxygens (including phenoxy) is 2. The second kappa shape index (κ2) is 6.94. The van der Waals surface area contributed by atoms with Crippen molar-refractivity contribution in [2.24, 2.45) is 0 Å². The van der Waals surface area contributed by atoms with Gasteiger partial charge in [0.2, 0.25) is 0 Å². The molecule has 0 amide bonds. The molecule has 0 spiro atoms. The summed E-state index contributed by atoms with van der Waals surface area (Å²) in [5.41, 5.74) is 0.581. The number of hydrogen-bond donors (Lipinski definition) is 0. The Kier molecular flexibility index (Phi) is 4.88. The highest BCUT2D eigenvalue weighted by atomic mass is 35.5. The molecule has 2 aromatic rings. The summed E-state index contributed by atoms with van der Waals surface area (Å²) >= 11 is 7.69. The van der Waals surface area contributed by atoms with Crippen LogP contribution in [0.25, 0.3) is 6.08 Å². The van der Waals surface area contributed by atoms with E-state index in [4.69, 9.17) is 21.1 Å². The molecule has 0 aliphatic carbocycles. The standard InChI is InChI=1S/C19H15ClO4S/c1-19(2)23-17(21)14(18(22)24-19)11-12-7-9-13(10-8-12)25-16-6-4-3-5-15(16)20/h3-11H,1-2H3. The van der Waals surface area contributed by atoms with E-state index in [9.17, 15) is 9.59 Å². The third-order valence-corrected chi connectivity index (χ3v) is 4.90. The van der Waals surface area contributed by atoms with Crippen LogP contribution in [0, 0.1) is 0 Å². The maximum absolute atomic E-state index is 12.0. The van der Waals surface area contributed by atoms with Crippen molar-refractivity contribution in [1.29, 1.82) is 0 Å². The van der Waals surface area contributed by atoms with Gasteiger partial charge in [0.25, 0.3) is 5.79 Å². The molecule has 128 valence electrons. The van der Waals surface area contributed by atoms with Crippen LogP contribution in [0.5, 0.6) is 0 Å². The van der Waals surface area contributed by atoms with Crippen molar-refractivity contribution in [1.82, 2.24) is 0 Å². The lowest BCUT2D eigenvalue weighted by Crippen LogP contribution is -2.41. The van der Waals surface area contributed by atoms with Gasteiger partial charge in [0.15, 0.2) is 0 Å². The fourth-order valence-corrected chi connectivity index (χ4v) is 3.32. The third kappa shape index (κ3) is 4.24. The highest BCUT2D eigenvalue weighted by Gasteiger charge is 2.38. The van der Waals surface area contributed by atoms with Gasteiger partial charge in [0, 0.05) is 23.6 Å². The minimum absolute atomic E-state index is 0.120. The van der Waals surface area contributed by atoms with Crippen molar-refractivity contribution in [2.75, 3.05) is 0 Å². The molecule has 0 radical (unpaired) electrons. The Bertz CT molecular complexity index is 834. The lowest BCUT2D eigenvalue weighted by Gasteiger charge is -2.29. The molecule has 0 N–H and O–H groups in total. The summed E-state index contributed by atoms with van der Waals surface area (Å²) in [5.74, 6) is -2.60. The van der Waals surface area contributed by atoms with Crippen molar-refractivity contribution in [3.63, 3.8) is 0 Å². The first kappa shape index (κ1) is 17.6. The number of rotatable bonds is 3. The first-order valence-electron chi connectivity index (χ1n) is 7.55. The summed E-state index contributed by atoms with van der Waals surface area (Å²) in [4.78, 5) is 25.9. The highest BCUT2D eigenvalue weighted by Crippen LogP contribution is 2.33. The minimum Gasteiger partial charge on any atom is -0.419 e. The Morgan fingerprint density at radius 1 is 0.960 bits per heavy atom. The van der Waals surface area contributed by atoms with Crippen LogP contribution in [0.2, 0.25) is 5.02 Å². The normalized spacial score (nSPS) is 16.2. The molecule has 2 aromatic carbocycles. The number of carbonyl (C=O) groups excluding carboxylic acids is 2. The van der Waals surface area contributed by atoms with Gasteiger partial charge in [0.05, 0.1) is 5.02 Å². The average Bonchev–Trinajstić information content (AvgIpc) is 2.54. The Hall–Kier alpha value is -2.24. The zero-order chi connectivity index (χ0) is 18.0. The maximum Gasteiger partial charge on any atom is 0.348 e. The van der Waals surface area contributed by atoms with Gasteiger partial charge in [-0.2, -0.15) is 0 Å². The molecule has 0 aromatic heterocycles. The smallest absolute Gasteiger partial charge is 0.348 e. The molecule has 1 aliphatic heterocycles. The molecule has 1 saturated heterocycles. The Balaban J connectivity index is 1.78. The molecular weight excluding hydrogens is 360 g/mol. The topological polar surface area (TPSA) is 52.6 Å². The molecule has 0 saturated carbocycles. The van der Waals surface area contributed by atoms with Crippen LogP contribution in [0.1, 0.15) is 19.4 Å². The van der Waals surface area contributed by atoms with Gasteiger partial charge in [-0.15, -0.1) is 0 Å². The van der Waals surface area contributed by atoms with Crippen molar-refractivity contribution in [2.45, 2.75) is 29.4 Å². The third-order valence-electron chi connectivity index (χ3n) is 3.37. The predicted molar refractivity (Wildman–Crippen MR) is 96.3 cm³/mol. The first-order chi connectivity index (χ1) is 11.8. The molecule has 0 unspecified atom stereocenters. The van der Waals surface area contributed by atoms with E-state index in [0.29, 0.717) is 10.6 Å². The van der Waals surface area contributed by atoms with E-state index in [1.807, 2.05) is 48.5 Å². The van der Waals surface area contributed by atoms with Crippen molar-refractivity contribution < 1.29 is 19.1 Å². The Morgan fingerprint density at radius 2 is 1.56 bits per heavy atom. The van der Waals surface area contributed by atoms with Crippen molar-refractivity contribution in [3.8, 4) is 0 Å². The molecular formula is C19H15ClO4S. The van der Waals surface area contributed by atoms with Gasteiger partial charge < -0.3 is 9.47 Å². The lowest BCUT2D eigenvalue weighted by atomic mass is 10.1. The van der Waals surface area contributed by atoms with Gasteiger partial charge in [-0.25, -0.2) is 9.59 Å². The molecule has 1 heterocycles. The maximum atomic E-state index is 12.0. The molecule has 4 nitrogen and oxygen atoms in total. The van der Waals surface area contributed by atoms with Crippen LogP contribution in [0.3, 0.4) is 0 Å². The van der Waals surface area contributed by atoms with Gasteiger partial charge >= 0.3 is 11.9 Å². The molecule has 1 fully saturated rings. The molecule has 6 heteroatoms. The number of cyclic esters (lactones) is 2. The van der Waals surface area contributed by atoms with E-state index in [-0.39, 0.29) is 5.57 Å². The number of carbonyl (C=O) groups is 2. The summed E-state index contributed by atoms with van der Waals surface area (Å²) in [6.45, 7) is 3.03. The monoisotopic (exact) mass is 374 g/mol. The fraction of sp³-hybridized carbons (Fsp3) is 0.158. The van der Waals surface area contributed by atoms with Crippen LogP contribution in [-0.4, -0.2) is 17.7 Å². The van der Waals surface area contributed by atoms with E-state index < -0.39 is 17.7 Å². The van der Waals surface area contributed by atoms with Crippen LogP contribution in [-0.2, 0) is 19.1 Å². The number of hydrogen-bond acceptors (Lipinski definition) is 5. The average molecular weight is 375 g/mol. The SMILES string of the molecule is CC1(C)OC(=O)C(=Cc2ccc(Sc3ccccc3Cl)cc2)C(=O)O1. The lowest BCUT2D eigenvalue weighted by molar-refractivity contribution is -0.222. The number of esters is 2. The summed E-state index contributed by atoms with van der Waals surface area (Å²) in [6.07, 6.45) is 1.46. The number of halogens is 1. The van der Waals surface area contributed by atoms with Crippen molar-refractivity contribution in [3.05, 3.63) is 64.7 Å². The van der Waals surface area contributed by atoms with E-state index in [1.165, 1.54) is 31.7 Å². The van der Waals surface area contributed by atoms with Gasteiger partial charge in [-0.05, 0) is 35.9 Å². The van der Waals surface area contributed by atoms with Crippen LogP contribution >= 0.6 is 23.4 Å². The van der Waals surface area contributed by atoms with E-state index in [2.05, 4.69) is 0 Å². The molecule has 0 atom stereocenters. The number of benzene rings is 2. The summed E-state index contributed by atoms with van der Waals surface area (Å²) in [5, 5.41) is 0.689. The largest absolute Gasteiger partial charge is 0.419 e. The minimum atomic E-state index is -1.24. The van der Waals surface area contributed by atoms with E-state index >= 15 is 0 Å². The zero-order valence-electron chi connectivity index (χ0n) is 13.6. The van der Waals surface area contributed by atoms with E-state index in [1.54, 1.807) is 0 Å². The predicted octanol–water partition coefficient (Wildman–Crippen LogP) is 4.71. The summed E-state index contributed by atoms with van der Waals surface area (Å²) < 4.78 is 10.2. The second-order valence-corrected chi connectivity index (χ2v) is 7.36. The van der Waals surface area contributed by atoms with Gasteiger partial charge in [-0.3, -0.25) is 0 Å². The highest BCUT2D eigenvalue weighted by molar-refractivity contribution is 7.99. The quantitative estimate of drug-likeness (QED) is 0.442. The Labute approximate surface area is 154 Å².